The zero-order chi connectivity index (χ0) is 12.3. The zero-order valence-corrected chi connectivity index (χ0v) is 10.1. The van der Waals surface area contributed by atoms with Crippen molar-refractivity contribution in [1.82, 2.24) is 10.1 Å². The quantitative estimate of drug-likeness (QED) is 0.735. The van der Waals surface area contributed by atoms with E-state index < -0.39 is 0 Å². The van der Waals surface area contributed by atoms with Crippen LogP contribution in [0.15, 0.2) is 17.2 Å². The topological polar surface area (TPSA) is 74.2 Å². The highest BCUT2D eigenvalue weighted by Crippen LogP contribution is 2.42. The summed E-state index contributed by atoms with van der Waals surface area (Å²) in [6.45, 7) is 6.27. The Balaban J connectivity index is 2.07. The van der Waals surface area contributed by atoms with Crippen molar-refractivity contribution in [3.8, 4) is 0 Å². The number of nitrogens with zero attached hydrogens (tertiary/aromatic N) is 2. The first-order valence-corrected chi connectivity index (χ1v) is 6.07. The summed E-state index contributed by atoms with van der Waals surface area (Å²) in [5, 5.41) is 3.97. The summed E-state index contributed by atoms with van der Waals surface area (Å²) in [6.07, 6.45) is 4.69. The Morgan fingerprint density at radius 3 is 3.00 bits per heavy atom. The summed E-state index contributed by atoms with van der Waals surface area (Å²) in [7, 11) is 0. The lowest BCUT2D eigenvalue weighted by atomic mass is 10.2. The van der Waals surface area contributed by atoms with Crippen LogP contribution >= 0.6 is 0 Å². The van der Waals surface area contributed by atoms with Gasteiger partial charge in [0.2, 0.25) is 11.7 Å². The second kappa shape index (κ2) is 5.42. The van der Waals surface area contributed by atoms with Crippen LogP contribution in [-0.4, -0.2) is 16.7 Å². The molecule has 2 N–H and O–H groups in total. The summed E-state index contributed by atoms with van der Waals surface area (Å²) < 4.78 is 10.8. The highest BCUT2D eigenvalue weighted by Gasteiger charge is 2.36. The average Bonchev–Trinajstić information content (AvgIpc) is 3.03. The van der Waals surface area contributed by atoms with Crippen molar-refractivity contribution in [2.24, 2.45) is 11.7 Å². The molecule has 1 aliphatic carbocycles. The zero-order valence-electron chi connectivity index (χ0n) is 10.1. The van der Waals surface area contributed by atoms with E-state index in [1.54, 1.807) is 6.08 Å². The molecule has 1 saturated carbocycles. The number of hydrogen-bond donors (Lipinski definition) is 1. The number of hydrogen-bond acceptors (Lipinski definition) is 5. The van der Waals surface area contributed by atoms with Crippen molar-refractivity contribution in [3.05, 3.63) is 24.4 Å². The Morgan fingerprint density at radius 1 is 1.65 bits per heavy atom. The van der Waals surface area contributed by atoms with Crippen LogP contribution in [0.25, 0.3) is 0 Å². The van der Waals surface area contributed by atoms with E-state index in [4.69, 9.17) is 15.0 Å². The van der Waals surface area contributed by atoms with Gasteiger partial charge in [0.15, 0.2) is 0 Å². The molecular formula is C12H19N3O2. The van der Waals surface area contributed by atoms with Crippen molar-refractivity contribution in [1.29, 1.82) is 0 Å². The standard InChI is InChI=1S/C12H19N3O2/c1-3-5-9(13)12-14-11(15-17-12)10(16-4-2)8-6-7-8/h3,8-10H,1,4-7,13H2,2H3. The molecule has 2 unspecified atom stereocenters. The third kappa shape index (κ3) is 2.92. The van der Waals surface area contributed by atoms with E-state index >= 15 is 0 Å². The molecule has 94 valence electrons. The first kappa shape index (κ1) is 12.3. The van der Waals surface area contributed by atoms with Crippen molar-refractivity contribution < 1.29 is 9.26 Å². The fourth-order valence-corrected chi connectivity index (χ4v) is 1.79. The lowest BCUT2D eigenvalue weighted by Gasteiger charge is -2.11. The summed E-state index contributed by atoms with van der Waals surface area (Å²) in [4.78, 5) is 4.33. The molecule has 17 heavy (non-hydrogen) atoms. The van der Waals surface area contributed by atoms with Gasteiger partial charge in [0, 0.05) is 6.61 Å². The maximum Gasteiger partial charge on any atom is 0.243 e. The molecule has 0 spiro atoms. The van der Waals surface area contributed by atoms with Crippen LogP contribution < -0.4 is 5.73 Å². The fourth-order valence-electron chi connectivity index (χ4n) is 1.79. The first-order chi connectivity index (χ1) is 8.26. The fraction of sp³-hybridized carbons (Fsp3) is 0.667. The molecule has 0 aromatic carbocycles. The van der Waals surface area contributed by atoms with E-state index in [-0.39, 0.29) is 12.1 Å². The normalized spacial score (nSPS) is 18.9. The van der Waals surface area contributed by atoms with Crippen molar-refractivity contribution in [3.63, 3.8) is 0 Å². The minimum atomic E-state index is -0.268. The van der Waals surface area contributed by atoms with Crippen LogP contribution in [0, 0.1) is 5.92 Å². The van der Waals surface area contributed by atoms with Gasteiger partial charge in [0.1, 0.15) is 6.10 Å². The number of ether oxygens (including phenoxy) is 1. The smallest absolute Gasteiger partial charge is 0.243 e. The van der Waals surface area contributed by atoms with E-state index in [1.807, 2.05) is 6.92 Å². The van der Waals surface area contributed by atoms with Gasteiger partial charge in [-0.25, -0.2) is 0 Å². The molecule has 5 nitrogen and oxygen atoms in total. The second-order valence-electron chi connectivity index (χ2n) is 4.34. The van der Waals surface area contributed by atoms with E-state index in [2.05, 4.69) is 16.7 Å². The molecule has 2 rings (SSSR count). The number of aromatic nitrogens is 2. The van der Waals surface area contributed by atoms with Gasteiger partial charge < -0.3 is 15.0 Å². The lowest BCUT2D eigenvalue weighted by molar-refractivity contribution is 0.0384. The Labute approximate surface area is 101 Å². The number of rotatable bonds is 7. The molecule has 1 aromatic heterocycles. The Morgan fingerprint density at radius 2 is 2.41 bits per heavy atom. The summed E-state index contributed by atoms with van der Waals surface area (Å²) in [6, 6.07) is -0.268. The lowest BCUT2D eigenvalue weighted by Crippen LogP contribution is -2.11. The second-order valence-corrected chi connectivity index (χ2v) is 4.34. The van der Waals surface area contributed by atoms with E-state index in [1.165, 1.54) is 12.8 Å². The molecule has 2 atom stereocenters. The van der Waals surface area contributed by atoms with Crippen molar-refractivity contribution in [2.45, 2.75) is 38.3 Å². The molecule has 0 bridgehead atoms. The highest BCUT2D eigenvalue weighted by molar-refractivity contribution is 5.01. The molecule has 1 heterocycles. The van der Waals surface area contributed by atoms with Crippen LogP contribution in [0.4, 0.5) is 0 Å². The van der Waals surface area contributed by atoms with Gasteiger partial charge in [-0.1, -0.05) is 11.2 Å². The highest BCUT2D eigenvalue weighted by atomic mass is 16.5. The van der Waals surface area contributed by atoms with Crippen LogP contribution in [0.2, 0.25) is 0 Å². The van der Waals surface area contributed by atoms with Crippen LogP contribution in [0.3, 0.4) is 0 Å². The molecule has 0 radical (unpaired) electrons. The maximum atomic E-state index is 5.88. The van der Waals surface area contributed by atoms with Gasteiger partial charge in [0.25, 0.3) is 0 Å². The van der Waals surface area contributed by atoms with Gasteiger partial charge in [-0.05, 0) is 32.1 Å². The molecule has 0 aliphatic heterocycles. The van der Waals surface area contributed by atoms with Gasteiger partial charge in [0.05, 0.1) is 6.04 Å². The largest absolute Gasteiger partial charge is 0.370 e. The van der Waals surface area contributed by atoms with E-state index in [0.717, 1.165) is 0 Å². The van der Waals surface area contributed by atoms with Crippen molar-refractivity contribution >= 4 is 0 Å². The van der Waals surface area contributed by atoms with Crippen molar-refractivity contribution in [2.75, 3.05) is 6.61 Å². The predicted octanol–water partition coefficient (Wildman–Crippen LogP) is 2.13. The first-order valence-electron chi connectivity index (χ1n) is 6.07. The molecule has 1 fully saturated rings. The molecule has 5 heteroatoms. The third-order valence-electron chi connectivity index (χ3n) is 2.85. The molecule has 0 saturated heterocycles. The summed E-state index contributed by atoms with van der Waals surface area (Å²) in [5.74, 6) is 1.63. The van der Waals surface area contributed by atoms with Gasteiger partial charge in [-0.15, -0.1) is 6.58 Å². The van der Waals surface area contributed by atoms with E-state index in [9.17, 15) is 0 Å². The van der Waals surface area contributed by atoms with Crippen LogP contribution in [0.1, 0.15) is 50.0 Å². The average molecular weight is 237 g/mol. The summed E-state index contributed by atoms with van der Waals surface area (Å²) in [5.41, 5.74) is 5.88. The maximum absolute atomic E-state index is 5.88. The molecule has 1 aromatic rings. The van der Waals surface area contributed by atoms with E-state index in [0.29, 0.717) is 30.7 Å². The Bertz CT molecular complexity index is 374. The minimum absolute atomic E-state index is 0.0339. The van der Waals surface area contributed by atoms with Gasteiger partial charge in [-0.2, -0.15) is 4.98 Å². The Kier molecular flexibility index (Phi) is 3.91. The summed E-state index contributed by atoms with van der Waals surface area (Å²) >= 11 is 0. The van der Waals surface area contributed by atoms with Gasteiger partial charge in [-0.3, -0.25) is 0 Å². The molecule has 1 aliphatic rings. The molecule has 0 amide bonds. The molecular weight excluding hydrogens is 218 g/mol. The third-order valence-corrected chi connectivity index (χ3v) is 2.85. The Hall–Kier alpha value is -1.20. The van der Waals surface area contributed by atoms with Gasteiger partial charge >= 0.3 is 0 Å². The van der Waals surface area contributed by atoms with Crippen LogP contribution in [-0.2, 0) is 4.74 Å². The SMILES string of the molecule is C=CCC(N)c1nc(C(OCC)C2CC2)no1. The number of nitrogens with two attached hydrogens (primary N) is 1. The predicted molar refractivity (Wildman–Crippen MR) is 63.1 cm³/mol. The monoisotopic (exact) mass is 237 g/mol. The minimum Gasteiger partial charge on any atom is -0.370 e. The van der Waals surface area contributed by atoms with Crippen LogP contribution in [0.5, 0.6) is 0 Å².